The van der Waals surface area contributed by atoms with Crippen LogP contribution in [0.2, 0.25) is 0 Å². The molecule has 9 nitrogen and oxygen atoms in total. The largest absolute Gasteiger partial charge is 0.505 e. The van der Waals surface area contributed by atoms with E-state index in [0.717, 1.165) is 22.5 Å². The first kappa shape index (κ1) is 24.4. The Morgan fingerprint density at radius 1 is 1.05 bits per heavy atom. The summed E-state index contributed by atoms with van der Waals surface area (Å²) in [5.41, 5.74) is 4.27. The number of pyridine rings is 1. The third kappa shape index (κ3) is 3.80. The second kappa shape index (κ2) is 8.97. The summed E-state index contributed by atoms with van der Waals surface area (Å²) in [7, 11) is 1.26. The molecule has 188 valence electrons. The van der Waals surface area contributed by atoms with E-state index in [4.69, 9.17) is 4.74 Å². The quantitative estimate of drug-likeness (QED) is 0.185. The maximum atomic E-state index is 13.5. The Morgan fingerprint density at radius 3 is 2.41 bits per heavy atom. The number of methoxy groups -OCH3 is 1. The topological polar surface area (TPSA) is 114 Å². The number of aromatic nitrogens is 3. The van der Waals surface area contributed by atoms with Crippen molar-refractivity contribution in [2.75, 3.05) is 12.0 Å². The zero-order valence-electron chi connectivity index (χ0n) is 20.9. The lowest BCUT2D eigenvalue weighted by Crippen LogP contribution is -2.29. The molecule has 0 bridgehead atoms. The lowest BCUT2D eigenvalue weighted by Gasteiger charge is -2.23. The molecule has 4 heterocycles. The molecule has 1 aliphatic heterocycles. The average Bonchev–Trinajstić information content (AvgIpc) is 3.51. The van der Waals surface area contributed by atoms with E-state index >= 15 is 0 Å². The van der Waals surface area contributed by atoms with E-state index in [-0.39, 0.29) is 27.0 Å². The first-order valence-electron chi connectivity index (χ1n) is 11.5. The number of thiazole rings is 1. The fraction of sp³-hybridized carbons (Fsp3) is 0.222. The molecule has 1 atom stereocenters. The Balaban J connectivity index is 1.75. The number of carbonyl (C=O) groups excluding carboxylic acids is 3. The number of anilines is 1. The molecule has 1 aromatic carbocycles. The normalized spacial score (nSPS) is 17.1. The van der Waals surface area contributed by atoms with Crippen LogP contribution in [0.15, 0.2) is 48.2 Å². The highest BCUT2D eigenvalue weighted by Crippen LogP contribution is 2.44. The van der Waals surface area contributed by atoms with Gasteiger partial charge in [0.05, 0.1) is 30.1 Å². The van der Waals surface area contributed by atoms with Crippen molar-refractivity contribution in [3.05, 3.63) is 86.8 Å². The maximum absolute atomic E-state index is 13.5. The fourth-order valence-electron chi connectivity index (χ4n) is 4.54. The first-order valence-corrected chi connectivity index (χ1v) is 12.3. The molecule has 0 radical (unpaired) electrons. The van der Waals surface area contributed by atoms with E-state index in [0.29, 0.717) is 22.6 Å². The van der Waals surface area contributed by atoms with E-state index in [2.05, 4.69) is 9.97 Å². The standard InChI is InChI=1S/C27H24N4O5S/c1-13-8-10-17(11-9-13)20-18(21(32)19-16(4)30-12-6-7-14(2)24(30)29-19)22(33)25(34)31(20)27-28-15(3)23(37-27)26(35)36-5/h6-12,20,32H,1-5H3. The number of nitrogens with zero attached hydrogens (tertiary/aromatic N) is 4. The van der Waals surface area contributed by atoms with Crippen molar-refractivity contribution in [1.82, 2.24) is 14.4 Å². The van der Waals surface area contributed by atoms with Crippen molar-refractivity contribution in [3.63, 3.8) is 0 Å². The second-order valence-corrected chi connectivity index (χ2v) is 9.89. The molecule has 3 aromatic heterocycles. The van der Waals surface area contributed by atoms with Crippen LogP contribution in [0.1, 0.15) is 49.5 Å². The highest BCUT2D eigenvalue weighted by molar-refractivity contribution is 7.17. The van der Waals surface area contributed by atoms with Crippen LogP contribution in [0.25, 0.3) is 11.4 Å². The SMILES string of the molecule is COC(=O)c1sc(N2C(=O)C(=O)C(=C(O)c3nc4c(C)cccn4c3C)C2c2ccc(C)cc2)nc1C. The highest BCUT2D eigenvalue weighted by Gasteiger charge is 2.49. The van der Waals surface area contributed by atoms with Crippen LogP contribution in [-0.2, 0) is 14.3 Å². The Kier molecular flexibility index (Phi) is 5.91. The number of aryl methyl sites for hydroxylation is 4. The Labute approximate surface area is 216 Å². The average molecular weight is 517 g/mol. The third-order valence-electron chi connectivity index (χ3n) is 6.51. The number of amides is 1. The van der Waals surface area contributed by atoms with Crippen molar-refractivity contribution in [2.45, 2.75) is 33.7 Å². The van der Waals surface area contributed by atoms with Gasteiger partial charge in [0.15, 0.2) is 10.9 Å². The minimum atomic E-state index is -0.970. The van der Waals surface area contributed by atoms with Gasteiger partial charge in [-0.15, -0.1) is 0 Å². The van der Waals surface area contributed by atoms with Crippen LogP contribution in [-0.4, -0.2) is 44.2 Å². The predicted octanol–water partition coefficient (Wildman–Crippen LogP) is 4.44. The fourth-order valence-corrected chi connectivity index (χ4v) is 5.55. The minimum absolute atomic E-state index is 0.0921. The number of esters is 1. The van der Waals surface area contributed by atoms with Gasteiger partial charge in [-0.25, -0.2) is 14.8 Å². The number of rotatable bonds is 4. The Bertz CT molecular complexity index is 1630. The van der Waals surface area contributed by atoms with Crippen molar-refractivity contribution in [1.29, 1.82) is 0 Å². The first-order chi connectivity index (χ1) is 17.6. The smallest absolute Gasteiger partial charge is 0.350 e. The van der Waals surface area contributed by atoms with E-state index < -0.39 is 23.7 Å². The Hall–Kier alpha value is -4.31. The molecule has 37 heavy (non-hydrogen) atoms. The minimum Gasteiger partial charge on any atom is -0.505 e. The number of Topliss-reactive ketones (excluding diaryl/α,β-unsaturated/α-hetero) is 1. The van der Waals surface area contributed by atoms with Crippen LogP contribution >= 0.6 is 11.3 Å². The molecule has 0 aliphatic carbocycles. The van der Waals surface area contributed by atoms with Gasteiger partial charge >= 0.3 is 11.9 Å². The summed E-state index contributed by atoms with van der Waals surface area (Å²) in [6.07, 6.45) is 1.82. The van der Waals surface area contributed by atoms with Crippen LogP contribution in [0, 0.1) is 27.7 Å². The molecule has 5 rings (SSSR count). The zero-order chi connectivity index (χ0) is 26.6. The van der Waals surface area contributed by atoms with Gasteiger partial charge in [-0.1, -0.05) is 47.2 Å². The molecule has 1 fully saturated rings. The lowest BCUT2D eigenvalue weighted by atomic mass is 9.96. The van der Waals surface area contributed by atoms with E-state index in [1.54, 1.807) is 26.0 Å². The number of ketones is 1. The van der Waals surface area contributed by atoms with Gasteiger partial charge in [0.2, 0.25) is 0 Å². The molecular weight excluding hydrogens is 492 g/mol. The molecule has 10 heteroatoms. The van der Waals surface area contributed by atoms with Gasteiger partial charge in [-0.2, -0.15) is 0 Å². The predicted molar refractivity (Wildman–Crippen MR) is 139 cm³/mol. The van der Waals surface area contributed by atoms with Gasteiger partial charge in [0.25, 0.3) is 5.78 Å². The molecule has 4 aromatic rings. The summed E-state index contributed by atoms with van der Waals surface area (Å²) in [5, 5.41) is 11.7. The summed E-state index contributed by atoms with van der Waals surface area (Å²) in [5.74, 6) is -2.66. The molecule has 1 saturated heterocycles. The number of carbonyl (C=O) groups is 3. The summed E-state index contributed by atoms with van der Waals surface area (Å²) in [4.78, 5) is 49.6. The number of aliphatic hydroxyl groups excluding tert-OH is 1. The van der Waals surface area contributed by atoms with Crippen molar-refractivity contribution < 1.29 is 24.2 Å². The number of hydrogen-bond donors (Lipinski definition) is 1. The zero-order valence-corrected chi connectivity index (χ0v) is 21.7. The molecule has 1 unspecified atom stereocenters. The van der Waals surface area contributed by atoms with Gasteiger partial charge in [0.1, 0.15) is 16.2 Å². The van der Waals surface area contributed by atoms with E-state index in [9.17, 15) is 19.5 Å². The molecule has 1 N–H and O–H groups in total. The molecule has 1 amide bonds. The number of aliphatic hydroxyl groups is 1. The van der Waals surface area contributed by atoms with Gasteiger partial charge < -0.3 is 14.2 Å². The van der Waals surface area contributed by atoms with Crippen molar-refractivity contribution >= 4 is 45.5 Å². The number of imidazole rings is 1. The molecular formula is C27H24N4O5S. The van der Waals surface area contributed by atoms with Crippen molar-refractivity contribution in [2.24, 2.45) is 0 Å². The number of fused-ring (bicyclic) bond motifs is 1. The van der Waals surface area contributed by atoms with E-state index in [1.165, 1.54) is 12.0 Å². The Morgan fingerprint density at radius 2 is 1.76 bits per heavy atom. The summed E-state index contributed by atoms with van der Waals surface area (Å²) >= 11 is 0.959. The number of benzene rings is 1. The van der Waals surface area contributed by atoms with Gasteiger partial charge in [0, 0.05) is 6.20 Å². The van der Waals surface area contributed by atoms with Crippen LogP contribution in [0.5, 0.6) is 0 Å². The number of ether oxygens (including phenoxy) is 1. The van der Waals surface area contributed by atoms with Crippen LogP contribution in [0.3, 0.4) is 0 Å². The maximum Gasteiger partial charge on any atom is 0.350 e. The van der Waals surface area contributed by atoms with Gasteiger partial charge in [-0.05, 0) is 44.9 Å². The van der Waals surface area contributed by atoms with Crippen molar-refractivity contribution in [3.8, 4) is 0 Å². The van der Waals surface area contributed by atoms with E-state index in [1.807, 2.05) is 48.7 Å². The summed E-state index contributed by atoms with van der Waals surface area (Å²) in [6.45, 7) is 7.25. The third-order valence-corrected chi connectivity index (χ3v) is 7.64. The molecule has 0 saturated carbocycles. The second-order valence-electron chi connectivity index (χ2n) is 8.91. The van der Waals surface area contributed by atoms with Crippen LogP contribution < -0.4 is 4.90 Å². The highest BCUT2D eigenvalue weighted by atomic mass is 32.1. The van der Waals surface area contributed by atoms with Gasteiger partial charge in [-0.3, -0.25) is 14.5 Å². The molecule has 0 spiro atoms. The lowest BCUT2D eigenvalue weighted by molar-refractivity contribution is -0.132. The van der Waals surface area contributed by atoms with Crippen LogP contribution in [0.4, 0.5) is 5.13 Å². The molecule has 1 aliphatic rings. The summed E-state index contributed by atoms with van der Waals surface area (Å²) < 4.78 is 6.66. The summed E-state index contributed by atoms with van der Waals surface area (Å²) in [6, 6.07) is 10.1. The monoisotopic (exact) mass is 516 g/mol. The number of hydrogen-bond acceptors (Lipinski definition) is 8.